The van der Waals surface area contributed by atoms with Gasteiger partial charge in [0.1, 0.15) is 11.4 Å². The number of anilines is 1. The number of rotatable bonds is 3. The Morgan fingerprint density at radius 3 is 2.95 bits per heavy atom. The largest absolute Gasteiger partial charge is 0.508 e. The van der Waals surface area contributed by atoms with E-state index in [0.717, 1.165) is 25.5 Å². The number of nitrogens with zero attached hydrogens (tertiary/aromatic N) is 1. The summed E-state index contributed by atoms with van der Waals surface area (Å²) < 4.78 is 0. The summed E-state index contributed by atoms with van der Waals surface area (Å²) in [5.41, 5.74) is -0.199. The second kappa shape index (κ2) is 5.66. The molecule has 1 aromatic carbocycles. The summed E-state index contributed by atoms with van der Waals surface area (Å²) in [6.45, 7) is 1.47. The standard InChI is InChI=1S/C12H15N3O4/c16-9-3-4-10(11(6-9)15(18)19)14-12(17)8-2-1-5-13-7-8/h3-4,6,8,13,16H,1-2,5,7H2,(H,14,17)/t8-/m0/s1. The Hall–Kier alpha value is -2.15. The molecule has 2 rings (SSSR count). The summed E-state index contributed by atoms with van der Waals surface area (Å²) in [5.74, 6) is -0.618. The third-order valence-corrected chi connectivity index (χ3v) is 3.10. The van der Waals surface area contributed by atoms with Crippen molar-refractivity contribution in [3.05, 3.63) is 28.3 Å². The van der Waals surface area contributed by atoms with Crippen molar-refractivity contribution >= 4 is 17.3 Å². The highest BCUT2D eigenvalue weighted by atomic mass is 16.6. The highest BCUT2D eigenvalue weighted by Gasteiger charge is 2.23. The molecule has 0 aliphatic carbocycles. The molecule has 0 radical (unpaired) electrons. The van der Waals surface area contributed by atoms with Crippen LogP contribution in [-0.4, -0.2) is 29.0 Å². The molecule has 0 bridgehead atoms. The van der Waals surface area contributed by atoms with Crippen LogP contribution in [0, 0.1) is 16.0 Å². The first-order valence-corrected chi connectivity index (χ1v) is 6.07. The number of hydrogen-bond donors (Lipinski definition) is 3. The quantitative estimate of drug-likeness (QED) is 0.433. The molecule has 3 N–H and O–H groups in total. The third kappa shape index (κ3) is 3.19. The maximum absolute atomic E-state index is 12.0. The number of amides is 1. The first-order chi connectivity index (χ1) is 9.08. The van der Waals surface area contributed by atoms with E-state index in [1.165, 1.54) is 12.1 Å². The van der Waals surface area contributed by atoms with Crippen LogP contribution in [0.1, 0.15) is 12.8 Å². The van der Waals surface area contributed by atoms with E-state index in [1.807, 2.05) is 0 Å². The number of hydrogen-bond acceptors (Lipinski definition) is 5. The number of nitrogens with one attached hydrogen (secondary N) is 2. The summed E-state index contributed by atoms with van der Waals surface area (Å²) >= 11 is 0. The summed E-state index contributed by atoms with van der Waals surface area (Å²) in [6, 6.07) is 3.66. The van der Waals surface area contributed by atoms with Crippen LogP contribution >= 0.6 is 0 Å². The average Bonchev–Trinajstić information content (AvgIpc) is 2.41. The van der Waals surface area contributed by atoms with E-state index in [9.17, 15) is 20.0 Å². The maximum atomic E-state index is 12.0. The van der Waals surface area contributed by atoms with Crippen LogP contribution in [0.5, 0.6) is 5.75 Å². The minimum absolute atomic E-state index is 0.110. The number of piperidine rings is 1. The molecule has 1 amide bonds. The van der Waals surface area contributed by atoms with Crippen molar-refractivity contribution in [2.24, 2.45) is 5.92 Å². The van der Waals surface area contributed by atoms with Crippen LogP contribution in [0.3, 0.4) is 0 Å². The van der Waals surface area contributed by atoms with Gasteiger partial charge in [-0.2, -0.15) is 0 Å². The predicted octanol–water partition coefficient (Wildman–Crippen LogP) is 1.24. The molecule has 102 valence electrons. The normalized spacial score (nSPS) is 18.8. The van der Waals surface area contributed by atoms with E-state index in [2.05, 4.69) is 10.6 Å². The van der Waals surface area contributed by atoms with Crippen LogP contribution < -0.4 is 10.6 Å². The highest BCUT2D eigenvalue weighted by Crippen LogP contribution is 2.29. The van der Waals surface area contributed by atoms with E-state index >= 15 is 0 Å². The molecule has 0 spiro atoms. The molecule has 7 heteroatoms. The van der Waals surface area contributed by atoms with E-state index in [1.54, 1.807) is 0 Å². The molecule has 1 fully saturated rings. The van der Waals surface area contributed by atoms with Crippen LogP contribution in [0.15, 0.2) is 18.2 Å². The summed E-state index contributed by atoms with van der Waals surface area (Å²) in [6.07, 6.45) is 1.68. The fourth-order valence-corrected chi connectivity index (χ4v) is 2.09. The second-order valence-corrected chi connectivity index (χ2v) is 4.49. The van der Waals surface area contributed by atoms with Gasteiger partial charge in [0.15, 0.2) is 0 Å². The fourth-order valence-electron chi connectivity index (χ4n) is 2.09. The second-order valence-electron chi connectivity index (χ2n) is 4.49. The molecule has 19 heavy (non-hydrogen) atoms. The minimum atomic E-state index is -0.631. The number of nitro groups is 1. The Morgan fingerprint density at radius 1 is 1.53 bits per heavy atom. The molecule has 1 aliphatic heterocycles. The van der Waals surface area contributed by atoms with Crippen molar-refractivity contribution in [2.45, 2.75) is 12.8 Å². The Morgan fingerprint density at radius 2 is 2.32 bits per heavy atom. The van der Waals surface area contributed by atoms with Gasteiger partial charge in [0.25, 0.3) is 5.69 Å². The lowest BCUT2D eigenvalue weighted by Crippen LogP contribution is -2.37. The Labute approximate surface area is 109 Å². The molecule has 0 aromatic heterocycles. The first kappa shape index (κ1) is 13.3. The van der Waals surface area contributed by atoms with Gasteiger partial charge in [-0.3, -0.25) is 14.9 Å². The van der Waals surface area contributed by atoms with Crippen molar-refractivity contribution in [3.8, 4) is 5.75 Å². The average molecular weight is 265 g/mol. The van der Waals surface area contributed by atoms with E-state index in [-0.39, 0.29) is 28.9 Å². The zero-order valence-corrected chi connectivity index (χ0v) is 10.3. The molecular weight excluding hydrogens is 250 g/mol. The predicted molar refractivity (Wildman–Crippen MR) is 69.0 cm³/mol. The lowest BCUT2D eigenvalue weighted by molar-refractivity contribution is -0.384. The summed E-state index contributed by atoms with van der Waals surface area (Å²) in [4.78, 5) is 22.2. The maximum Gasteiger partial charge on any atom is 0.296 e. The lowest BCUT2D eigenvalue weighted by atomic mass is 9.99. The van der Waals surface area contributed by atoms with Crippen LogP contribution in [0.2, 0.25) is 0 Å². The Balaban J connectivity index is 2.13. The van der Waals surface area contributed by atoms with Gasteiger partial charge in [-0.1, -0.05) is 0 Å². The van der Waals surface area contributed by atoms with Crippen molar-refractivity contribution in [2.75, 3.05) is 18.4 Å². The molecular formula is C12H15N3O4. The van der Waals surface area contributed by atoms with E-state index in [0.29, 0.717) is 6.54 Å². The number of carbonyl (C=O) groups excluding carboxylic acids is 1. The van der Waals surface area contributed by atoms with Crippen molar-refractivity contribution in [1.82, 2.24) is 5.32 Å². The number of phenols is 1. The van der Waals surface area contributed by atoms with Gasteiger partial charge in [-0.25, -0.2) is 0 Å². The van der Waals surface area contributed by atoms with Gasteiger partial charge < -0.3 is 15.7 Å². The fraction of sp³-hybridized carbons (Fsp3) is 0.417. The molecule has 0 saturated carbocycles. The van der Waals surface area contributed by atoms with Gasteiger partial charge in [0, 0.05) is 6.54 Å². The monoisotopic (exact) mass is 265 g/mol. The SMILES string of the molecule is O=C(Nc1ccc(O)cc1[N+](=O)[O-])[C@H]1CCCNC1. The van der Waals surface area contributed by atoms with E-state index in [4.69, 9.17) is 0 Å². The molecule has 1 aliphatic rings. The van der Waals surface area contributed by atoms with Crippen LogP contribution in [-0.2, 0) is 4.79 Å². The number of phenolic OH excluding ortho intramolecular Hbond substituents is 1. The van der Waals surface area contributed by atoms with Crippen molar-refractivity contribution in [3.63, 3.8) is 0 Å². The topological polar surface area (TPSA) is 104 Å². The van der Waals surface area contributed by atoms with Gasteiger partial charge in [-0.15, -0.1) is 0 Å². The van der Waals surface area contributed by atoms with Gasteiger partial charge in [-0.05, 0) is 31.5 Å². The molecule has 1 aromatic rings. The number of benzene rings is 1. The zero-order chi connectivity index (χ0) is 13.8. The molecule has 0 unspecified atom stereocenters. The summed E-state index contributed by atoms with van der Waals surface area (Å²) in [5, 5.41) is 25.8. The molecule has 1 heterocycles. The number of nitro benzene ring substituents is 1. The smallest absolute Gasteiger partial charge is 0.296 e. The Kier molecular flexibility index (Phi) is 3.96. The van der Waals surface area contributed by atoms with Crippen LogP contribution in [0.4, 0.5) is 11.4 Å². The highest BCUT2D eigenvalue weighted by molar-refractivity contribution is 5.95. The van der Waals surface area contributed by atoms with Crippen LogP contribution in [0.25, 0.3) is 0 Å². The third-order valence-electron chi connectivity index (χ3n) is 3.10. The lowest BCUT2D eigenvalue weighted by Gasteiger charge is -2.21. The minimum Gasteiger partial charge on any atom is -0.508 e. The summed E-state index contributed by atoms with van der Waals surface area (Å²) in [7, 11) is 0. The number of aromatic hydroxyl groups is 1. The Bertz CT molecular complexity index is 498. The first-order valence-electron chi connectivity index (χ1n) is 6.07. The molecule has 7 nitrogen and oxygen atoms in total. The number of carbonyl (C=O) groups is 1. The molecule has 1 atom stereocenters. The zero-order valence-electron chi connectivity index (χ0n) is 10.3. The van der Waals surface area contributed by atoms with Gasteiger partial charge >= 0.3 is 0 Å². The van der Waals surface area contributed by atoms with Gasteiger partial charge in [0.05, 0.1) is 16.9 Å². The molecule has 1 saturated heterocycles. The van der Waals surface area contributed by atoms with Crippen molar-refractivity contribution < 1.29 is 14.8 Å². The van der Waals surface area contributed by atoms with Crippen molar-refractivity contribution in [1.29, 1.82) is 0 Å². The van der Waals surface area contributed by atoms with E-state index < -0.39 is 4.92 Å². The van der Waals surface area contributed by atoms with Gasteiger partial charge in [0.2, 0.25) is 5.91 Å².